The topological polar surface area (TPSA) is 280 Å². The number of esters is 1. The van der Waals surface area contributed by atoms with Gasteiger partial charge in [0.15, 0.2) is 57.9 Å². The molecule has 0 saturated carbocycles. The molecule has 6 rings (SSSR count). The van der Waals surface area contributed by atoms with Gasteiger partial charge < -0.3 is 78.9 Å². The number of benzene rings is 3. The Balaban J connectivity index is 1.21. The molecule has 0 radical (unpaired) electrons. The van der Waals surface area contributed by atoms with E-state index in [0.717, 1.165) is 30.3 Å². The molecule has 0 unspecified atom stereocenters. The van der Waals surface area contributed by atoms with Gasteiger partial charge in [-0.1, -0.05) is 6.07 Å². The molecule has 3 heterocycles. The molecule has 2 aromatic carbocycles. The van der Waals surface area contributed by atoms with Gasteiger partial charge in [0.2, 0.25) is 12.9 Å². The summed E-state index contributed by atoms with van der Waals surface area (Å²) < 4.78 is 34.0. The third kappa shape index (κ3) is 7.40. The van der Waals surface area contributed by atoms with Crippen LogP contribution < -0.4 is 10.2 Å². The second-order valence-corrected chi connectivity index (χ2v) is 11.9. The highest BCUT2D eigenvalue weighted by Crippen LogP contribution is 2.43. The molecular weight excluding hydrogens is 680 g/mol. The molecule has 51 heavy (non-hydrogen) atoms. The van der Waals surface area contributed by atoms with Crippen LogP contribution in [0.25, 0.3) is 28.7 Å². The van der Waals surface area contributed by atoms with E-state index in [0.29, 0.717) is 5.56 Å². The summed E-state index contributed by atoms with van der Waals surface area (Å²) in [6.45, 7) is -1.72. The molecule has 4 aliphatic rings. The normalized spacial score (nSPS) is 26.4. The molecular formula is C34H33O17+. The number of aliphatic hydroxyl groups excluding tert-OH is 3. The summed E-state index contributed by atoms with van der Waals surface area (Å²) in [4.78, 5) is 22.2. The monoisotopic (exact) mass is 713 g/mol. The van der Waals surface area contributed by atoms with E-state index in [2.05, 4.69) is 0 Å². The van der Waals surface area contributed by atoms with Crippen molar-refractivity contribution in [3.63, 3.8) is 0 Å². The van der Waals surface area contributed by atoms with E-state index in [1.54, 1.807) is 0 Å². The molecule has 17 heteroatoms. The van der Waals surface area contributed by atoms with E-state index in [-0.39, 0.29) is 39.9 Å². The highest BCUT2D eigenvalue weighted by Gasteiger charge is 2.54. The number of ether oxygens (including phenoxy) is 5. The fourth-order valence-corrected chi connectivity index (χ4v) is 5.38. The van der Waals surface area contributed by atoms with Crippen LogP contribution in [-0.2, 0) is 18.9 Å². The molecule has 2 aromatic rings. The van der Waals surface area contributed by atoms with Gasteiger partial charge in [0.25, 0.3) is 0 Å². The number of fused-ring (bicyclic) bond motifs is 1. The van der Waals surface area contributed by atoms with Crippen LogP contribution >= 0.6 is 0 Å². The quantitative estimate of drug-likeness (QED) is 0.0493. The minimum absolute atomic E-state index is 0.0286. The van der Waals surface area contributed by atoms with Gasteiger partial charge in [-0.2, -0.15) is 0 Å². The van der Waals surface area contributed by atoms with Crippen LogP contribution in [0.15, 0.2) is 69.9 Å². The van der Waals surface area contributed by atoms with Crippen molar-refractivity contribution in [2.24, 2.45) is 0 Å². The molecule has 3 aliphatic heterocycles. The molecule has 0 aromatic heterocycles. The van der Waals surface area contributed by atoms with Gasteiger partial charge >= 0.3 is 5.97 Å². The first-order valence-electron chi connectivity index (χ1n) is 15.3. The number of rotatable bonds is 9. The number of phenols is 5. The molecule has 270 valence electrons. The van der Waals surface area contributed by atoms with Gasteiger partial charge in [0.1, 0.15) is 29.8 Å². The van der Waals surface area contributed by atoms with Crippen LogP contribution in [0.5, 0.6) is 34.5 Å². The highest BCUT2D eigenvalue weighted by molar-refractivity contribution is 5.88. The molecule has 7 atom stereocenters. The lowest BCUT2D eigenvalue weighted by Gasteiger charge is -2.39. The Morgan fingerprint density at radius 2 is 1.61 bits per heavy atom. The number of carbonyl (C=O) groups excluding carboxylic acids is 1. The first-order chi connectivity index (χ1) is 24.2. The standard InChI is InChI=1S/C34H32O17/c35-17-9-21(38)18-11-26(29(49-25(18)10-17)16-3-5-20(37)23(40)8-16)50-32-30(28(43)24(41)12-46-32)51-33-31(44)34(45,14-48-33)13-47-27(42)6-2-15-1-4-19(36)22(39)7-15/h1-11,24,28,30-33,36-41,43-45H,12-14H2/p+1/t24-,28+,30-,31+,32+,33+,34-/m1/s1. The largest absolute Gasteiger partial charge is 0.510 e. The van der Waals surface area contributed by atoms with E-state index in [1.165, 1.54) is 36.4 Å². The maximum absolute atomic E-state index is 12.1. The Morgan fingerprint density at radius 3 is 2.33 bits per heavy atom. The summed E-state index contributed by atoms with van der Waals surface area (Å²) in [5.41, 5.74) is -2.16. The van der Waals surface area contributed by atoms with Gasteiger partial charge in [0.05, 0.1) is 24.9 Å². The third-order valence-corrected chi connectivity index (χ3v) is 8.20. The Labute approximate surface area is 286 Å². The van der Waals surface area contributed by atoms with Crippen molar-refractivity contribution in [2.75, 3.05) is 19.8 Å². The predicted octanol–water partition coefficient (Wildman–Crippen LogP) is 0.462. The average molecular weight is 714 g/mol. The second-order valence-electron chi connectivity index (χ2n) is 11.9. The van der Waals surface area contributed by atoms with Crippen LogP contribution in [-0.4, -0.2) is 119 Å². The Hall–Kier alpha value is -5.40. The number of hydrogen-bond acceptors (Lipinski definition) is 16. The predicted molar refractivity (Wildman–Crippen MR) is 172 cm³/mol. The molecule has 0 bridgehead atoms. The van der Waals surface area contributed by atoms with Crippen molar-refractivity contribution in [3.8, 4) is 57.1 Å². The summed E-state index contributed by atoms with van der Waals surface area (Å²) in [5, 5.41) is 92.9. The zero-order chi connectivity index (χ0) is 36.6. The molecule has 1 aliphatic carbocycles. The molecule has 17 nitrogen and oxygen atoms in total. The van der Waals surface area contributed by atoms with Crippen LogP contribution in [0.3, 0.4) is 0 Å². The van der Waals surface area contributed by atoms with Gasteiger partial charge in [-0.05, 0) is 48.0 Å². The van der Waals surface area contributed by atoms with E-state index in [4.69, 9.17) is 28.1 Å². The van der Waals surface area contributed by atoms with Crippen molar-refractivity contribution < 1.29 is 78.9 Å². The van der Waals surface area contributed by atoms with Crippen LogP contribution in [0.1, 0.15) is 5.56 Å². The minimum Gasteiger partial charge on any atom is -0.507 e. The lowest BCUT2D eigenvalue weighted by molar-refractivity contribution is -0.297. The SMILES string of the molecule is O=c1cc2oc(-c3ccc(O)c(O)c3)c(O[C@@H]3OC[C@@H](O)[C@H](O)[C@H]3O[C@@H]3OC[C@](O)(COC(=[OH+])C=Cc4ccc(O)c(O)c4)[C@H]3O)cc-2c(O)c1. The third-order valence-electron chi connectivity index (χ3n) is 8.20. The van der Waals surface area contributed by atoms with Crippen LogP contribution in [0.2, 0.25) is 0 Å². The molecule has 10 N–H and O–H groups in total. The van der Waals surface area contributed by atoms with E-state index >= 15 is 0 Å². The maximum atomic E-state index is 12.1. The van der Waals surface area contributed by atoms with Gasteiger partial charge in [0, 0.05) is 17.7 Å². The zero-order valence-corrected chi connectivity index (χ0v) is 26.3. The Bertz CT molecular complexity index is 1970. The number of phenolic OH excluding ortho intramolecular Hbond substituents is 5. The first kappa shape index (κ1) is 35.4. The summed E-state index contributed by atoms with van der Waals surface area (Å²) in [5.74, 6) is -3.20. The van der Waals surface area contributed by atoms with Crippen LogP contribution in [0, 0.1) is 0 Å². The van der Waals surface area contributed by atoms with Crippen molar-refractivity contribution >= 4 is 12.0 Å². The Kier molecular flexibility index (Phi) is 9.78. The lowest BCUT2D eigenvalue weighted by atomic mass is 10.0. The average Bonchev–Trinajstić information content (AvgIpc) is 3.37. The number of hydrogen-bond donors (Lipinski definition) is 9. The fraction of sp³-hybridized carbons (Fsp3) is 0.294. The van der Waals surface area contributed by atoms with Crippen molar-refractivity contribution in [3.05, 3.63) is 76.5 Å². The van der Waals surface area contributed by atoms with Gasteiger partial charge in [-0.3, -0.25) is 4.79 Å². The number of aromatic hydroxyl groups is 5. The van der Waals surface area contributed by atoms with Crippen molar-refractivity contribution in [1.29, 1.82) is 0 Å². The zero-order valence-electron chi connectivity index (χ0n) is 26.3. The summed E-state index contributed by atoms with van der Waals surface area (Å²) >= 11 is 0. The molecule has 0 spiro atoms. The summed E-state index contributed by atoms with van der Waals surface area (Å²) in [7, 11) is 0. The molecule has 2 saturated heterocycles. The van der Waals surface area contributed by atoms with Crippen molar-refractivity contribution in [1.82, 2.24) is 0 Å². The van der Waals surface area contributed by atoms with E-state index < -0.39 is 91.1 Å². The van der Waals surface area contributed by atoms with Crippen LogP contribution in [0.4, 0.5) is 0 Å². The smallest absolute Gasteiger partial charge is 0.507 e. The van der Waals surface area contributed by atoms with Gasteiger partial charge in [-0.25, -0.2) is 0 Å². The minimum atomic E-state index is -2.15. The highest BCUT2D eigenvalue weighted by atomic mass is 16.8. The van der Waals surface area contributed by atoms with Gasteiger partial charge in [-0.15, -0.1) is 0 Å². The second kappa shape index (κ2) is 14.1. The molecule has 2 fully saturated rings. The first-order valence-corrected chi connectivity index (χ1v) is 15.3. The Morgan fingerprint density at radius 1 is 0.882 bits per heavy atom. The molecule has 0 amide bonds. The van der Waals surface area contributed by atoms with E-state index in [1.807, 2.05) is 0 Å². The fourth-order valence-electron chi connectivity index (χ4n) is 5.38. The maximum Gasteiger partial charge on any atom is 0.510 e. The summed E-state index contributed by atoms with van der Waals surface area (Å²) in [6.07, 6.45) is -7.48. The van der Waals surface area contributed by atoms with E-state index in [9.17, 15) is 55.5 Å². The van der Waals surface area contributed by atoms with Crippen molar-refractivity contribution in [2.45, 2.75) is 42.6 Å². The summed E-state index contributed by atoms with van der Waals surface area (Å²) in [6, 6.07) is 10.9. The lowest BCUT2D eigenvalue weighted by Crippen LogP contribution is -2.58. The number of aliphatic hydroxyl groups is 4.